The zero-order valence-electron chi connectivity index (χ0n) is 10.3. The van der Waals surface area contributed by atoms with Crippen molar-refractivity contribution in [3.8, 4) is 0 Å². The molecule has 2 unspecified atom stereocenters. The molecule has 3 nitrogen and oxygen atoms in total. The second kappa shape index (κ2) is 4.43. The van der Waals surface area contributed by atoms with E-state index in [-0.39, 0.29) is 17.7 Å². The molecule has 2 heterocycles. The maximum absolute atomic E-state index is 11.9. The molecule has 1 saturated heterocycles. The summed E-state index contributed by atoms with van der Waals surface area (Å²) in [6.45, 7) is 2.38. The fraction of sp³-hybridized carbons (Fsp3) is 0.429. The molecule has 2 amide bonds. The van der Waals surface area contributed by atoms with Crippen LogP contribution in [0.4, 0.5) is 0 Å². The quantitative estimate of drug-likeness (QED) is 0.766. The van der Waals surface area contributed by atoms with Gasteiger partial charge in [-0.15, -0.1) is 11.8 Å². The molecule has 94 valence electrons. The molecule has 0 aliphatic carbocycles. The highest BCUT2D eigenvalue weighted by Crippen LogP contribution is 2.40. The molecule has 1 aromatic carbocycles. The van der Waals surface area contributed by atoms with Crippen molar-refractivity contribution < 1.29 is 9.59 Å². The third-order valence-corrected chi connectivity index (χ3v) is 4.92. The van der Waals surface area contributed by atoms with Gasteiger partial charge in [-0.1, -0.05) is 25.1 Å². The molecule has 1 aromatic rings. The Kier molecular flexibility index (Phi) is 2.90. The first-order valence-corrected chi connectivity index (χ1v) is 7.21. The van der Waals surface area contributed by atoms with Crippen LogP contribution in [0, 0.1) is 5.92 Å². The number of nitrogens with zero attached hydrogens (tertiary/aromatic N) is 1. The number of benzene rings is 1. The third kappa shape index (κ3) is 1.85. The van der Waals surface area contributed by atoms with E-state index in [2.05, 4.69) is 12.1 Å². The van der Waals surface area contributed by atoms with E-state index in [9.17, 15) is 9.59 Å². The van der Waals surface area contributed by atoms with E-state index in [0.717, 1.165) is 5.75 Å². The van der Waals surface area contributed by atoms with Crippen molar-refractivity contribution >= 4 is 23.6 Å². The molecule has 2 atom stereocenters. The van der Waals surface area contributed by atoms with Crippen molar-refractivity contribution in [1.82, 2.24) is 4.90 Å². The van der Waals surface area contributed by atoms with E-state index in [1.165, 1.54) is 15.4 Å². The van der Waals surface area contributed by atoms with E-state index in [1.807, 2.05) is 30.8 Å². The number of rotatable bonds is 2. The van der Waals surface area contributed by atoms with E-state index in [1.54, 1.807) is 0 Å². The molecule has 0 N–H and O–H groups in total. The summed E-state index contributed by atoms with van der Waals surface area (Å²) in [5.41, 5.74) is 1.28. The summed E-state index contributed by atoms with van der Waals surface area (Å²) in [5, 5.41) is 0. The van der Waals surface area contributed by atoms with Gasteiger partial charge in [0.1, 0.15) is 0 Å². The molecule has 1 fully saturated rings. The lowest BCUT2D eigenvalue weighted by Gasteiger charge is -2.19. The second-order valence-electron chi connectivity index (χ2n) is 4.99. The van der Waals surface area contributed by atoms with Gasteiger partial charge in [0, 0.05) is 35.4 Å². The van der Waals surface area contributed by atoms with Crippen LogP contribution in [0.15, 0.2) is 29.2 Å². The minimum Gasteiger partial charge on any atom is -0.282 e. The fourth-order valence-electron chi connectivity index (χ4n) is 2.64. The number of carbonyl (C=O) groups excluding carboxylic acids is 2. The number of hydrogen-bond donors (Lipinski definition) is 0. The van der Waals surface area contributed by atoms with Gasteiger partial charge in [-0.2, -0.15) is 0 Å². The predicted molar refractivity (Wildman–Crippen MR) is 70.4 cm³/mol. The van der Waals surface area contributed by atoms with Crippen LogP contribution < -0.4 is 0 Å². The van der Waals surface area contributed by atoms with Gasteiger partial charge < -0.3 is 0 Å². The summed E-state index contributed by atoms with van der Waals surface area (Å²) in [5.74, 6) is 1.10. The minimum atomic E-state index is -0.137. The molecule has 0 aromatic heterocycles. The van der Waals surface area contributed by atoms with Crippen molar-refractivity contribution in [2.24, 2.45) is 5.92 Å². The number of hydrogen-bond acceptors (Lipinski definition) is 3. The van der Waals surface area contributed by atoms with Crippen LogP contribution in [-0.2, 0) is 9.59 Å². The number of likely N-dealkylation sites (tertiary alicyclic amines) is 1. The summed E-state index contributed by atoms with van der Waals surface area (Å²) in [7, 11) is 0. The van der Waals surface area contributed by atoms with Gasteiger partial charge in [0.15, 0.2) is 0 Å². The normalized spacial score (nSPS) is 26.8. The molecular weight excluding hydrogens is 246 g/mol. The van der Waals surface area contributed by atoms with Crippen LogP contribution in [0.25, 0.3) is 0 Å². The predicted octanol–water partition coefficient (Wildman–Crippen LogP) is 2.27. The molecule has 0 spiro atoms. The molecule has 2 aliphatic rings. The van der Waals surface area contributed by atoms with Crippen LogP contribution in [0.2, 0.25) is 0 Å². The molecule has 4 heteroatoms. The number of imide groups is 1. The number of carbonyl (C=O) groups is 2. The molecule has 3 rings (SSSR count). The van der Waals surface area contributed by atoms with Gasteiger partial charge >= 0.3 is 0 Å². The Hall–Kier alpha value is -1.29. The number of thioether (sulfide) groups is 1. The lowest BCUT2D eigenvalue weighted by atomic mass is 10.0. The number of fused-ring (bicyclic) bond motifs is 1. The Bertz CT molecular complexity index is 514. The monoisotopic (exact) mass is 261 g/mol. The van der Waals surface area contributed by atoms with Gasteiger partial charge in [-0.25, -0.2) is 0 Å². The highest BCUT2D eigenvalue weighted by atomic mass is 32.2. The highest BCUT2D eigenvalue weighted by molar-refractivity contribution is 7.99. The first kappa shape index (κ1) is 11.8. The highest BCUT2D eigenvalue weighted by Gasteiger charge is 2.38. The molecule has 0 radical (unpaired) electrons. The van der Waals surface area contributed by atoms with E-state index >= 15 is 0 Å². The number of amides is 2. The van der Waals surface area contributed by atoms with Crippen LogP contribution in [-0.4, -0.2) is 29.0 Å². The minimum absolute atomic E-state index is 0.00520. The first-order chi connectivity index (χ1) is 8.66. The van der Waals surface area contributed by atoms with E-state index in [0.29, 0.717) is 18.9 Å². The van der Waals surface area contributed by atoms with Gasteiger partial charge in [0.25, 0.3) is 0 Å². The van der Waals surface area contributed by atoms with E-state index < -0.39 is 0 Å². The largest absolute Gasteiger partial charge is 0.282 e. The Morgan fingerprint density at radius 3 is 2.83 bits per heavy atom. The summed E-state index contributed by atoms with van der Waals surface area (Å²) in [4.78, 5) is 26.4. The van der Waals surface area contributed by atoms with Crippen molar-refractivity contribution in [2.75, 3.05) is 12.3 Å². The molecule has 2 aliphatic heterocycles. The first-order valence-electron chi connectivity index (χ1n) is 6.22. The maximum atomic E-state index is 11.9. The van der Waals surface area contributed by atoms with Crippen molar-refractivity contribution in [3.05, 3.63) is 29.8 Å². The molecule has 0 bridgehead atoms. The van der Waals surface area contributed by atoms with Crippen LogP contribution >= 0.6 is 11.8 Å². The molecular formula is C14H15NO2S. The SMILES string of the molecule is CC1CC(=O)N(CC2CSc3ccccc32)C1=O. The fourth-order valence-corrected chi connectivity index (χ4v) is 3.88. The van der Waals surface area contributed by atoms with Crippen LogP contribution in [0.3, 0.4) is 0 Å². The second-order valence-corrected chi connectivity index (χ2v) is 6.06. The maximum Gasteiger partial charge on any atom is 0.232 e. The lowest BCUT2D eigenvalue weighted by Crippen LogP contribution is -2.34. The van der Waals surface area contributed by atoms with Crippen molar-refractivity contribution in [3.63, 3.8) is 0 Å². The van der Waals surface area contributed by atoms with Gasteiger partial charge in [0.05, 0.1) is 0 Å². The molecule has 0 saturated carbocycles. The van der Waals surface area contributed by atoms with Gasteiger partial charge in [-0.05, 0) is 11.6 Å². The average Bonchev–Trinajstić information content (AvgIpc) is 2.87. The smallest absolute Gasteiger partial charge is 0.232 e. The standard InChI is InChI=1S/C14H15NO2S/c1-9-6-13(16)15(14(9)17)7-10-8-18-12-5-3-2-4-11(10)12/h2-5,9-10H,6-8H2,1H3. The summed E-state index contributed by atoms with van der Waals surface area (Å²) < 4.78 is 0. The van der Waals surface area contributed by atoms with Crippen LogP contribution in [0.1, 0.15) is 24.8 Å². The van der Waals surface area contributed by atoms with Gasteiger partial charge in [-0.3, -0.25) is 14.5 Å². The Morgan fingerprint density at radius 2 is 2.11 bits per heavy atom. The van der Waals surface area contributed by atoms with Crippen LogP contribution in [0.5, 0.6) is 0 Å². The van der Waals surface area contributed by atoms with Crippen molar-refractivity contribution in [2.45, 2.75) is 24.2 Å². The molecule has 18 heavy (non-hydrogen) atoms. The van der Waals surface area contributed by atoms with Crippen molar-refractivity contribution in [1.29, 1.82) is 0 Å². The van der Waals surface area contributed by atoms with Gasteiger partial charge in [0.2, 0.25) is 11.8 Å². The third-order valence-electron chi connectivity index (χ3n) is 3.67. The van der Waals surface area contributed by atoms with E-state index in [4.69, 9.17) is 0 Å². The summed E-state index contributed by atoms with van der Waals surface area (Å²) in [6, 6.07) is 8.26. The Labute approximate surface area is 111 Å². The summed E-state index contributed by atoms with van der Waals surface area (Å²) in [6.07, 6.45) is 0.375. The zero-order chi connectivity index (χ0) is 12.7. The topological polar surface area (TPSA) is 37.4 Å². The summed E-state index contributed by atoms with van der Waals surface area (Å²) >= 11 is 1.81. The zero-order valence-corrected chi connectivity index (χ0v) is 11.1. The Balaban J connectivity index is 1.79. The average molecular weight is 261 g/mol. The lowest BCUT2D eigenvalue weighted by molar-refractivity contribution is -0.139. The Morgan fingerprint density at radius 1 is 1.33 bits per heavy atom.